The van der Waals surface area contributed by atoms with Crippen molar-refractivity contribution in [3.63, 3.8) is 0 Å². The third-order valence-corrected chi connectivity index (χ3v) is 5.24. The second kappa shape index (κ2) is 11.0. The Labute approximate surface area is 186 Å². The Hall–Kier alpha value is -3.02. The molecule has 3 rings (SSSR count). The second-order valence-corrected chi connectivity index (χ2v) is 7.81. The van der Waals surface area contributed by atoms with Crippen LogP contribution in [-0.2, 0) is 19.3 Å². The van der Waals surface area contributed by atoms with Crippen LogP contribution >= 0.6 is 0 Å². The summed E-state index contributed by atoms with van der Waals surface area (Å²) >= 11 is 0. The van der Waals surface area contributed by atoms with Gasteiger partial charge < -0.3 is 15.5 Å². The fourth-order valence-electron chi connectivity index (χ4n) is 3.32. The molecule has 0 spiro atoms. The topological polar surface area (TPSA) is 47.6 Å². The molecule has 1 fully saturated rings. The van der Waals surface area contributed by atoms with Crippen molar-refractivity contribution in [2.45, 2.75) is 19.3 Å². The third-order valence-electron chi connectivity index (χ3n) is 5.24. The van der Waals surface area contributed by atoms with Crippen LogP contribution in [0.4, 0.5) is 18.0 Å². The molecule has 1 saturated heterocycles. The van der Waals surface area contributed by atoms with Gasteiger partial charge in [0.2, 0.25) is 0 Å². The lowest BCUT2D eigenvalue weighted by Crippen LogP contribution is -2.43. The molecule has 32 heavy (non-hydrogen) atoms. The summed E-state index contributed by atoms with van der Waals surface area (Å²) in [6.45, 7) is 5.64. The number of halogens is 3. The summed E-state index contributed by atoms with van der Waals surface area (Å²) in [5, 5.41) is 5.33. The maximum Gasteiger partial charge on any atom is 0.416 e. The molecule has 1 heterocycles. The van der Waals surface area contributed by atoms with E-state index in [1.165, 1.54) is 17.7 Å². The molecule has 0 atom stereocenters. The van der Waals surface area contributed by atoms with Crippen molar-refractivity contribution in [2.75, 3.05) is 39.8 Å². The molecule has 0 saturated carbocycles. The van der Waals surface area contributed by atoms with Gasteiger partial charge in [0.15, 0.2) is 0 Å². The number of rotatable bonds is 5. The van der Waals surface area contributed by atoms with Crippen molar-refractivity contribution < 1.29 is 18.0 Å². The number of nitrogens with one attached hydrogen (secondary N) is 2. The molecule has 1 aliphatic heterocycles. The molecule has 0 unspecified atom stereocenters. The van der Waals surface area contributed by atoms with Gasteiger partial charge in [-0.15, -0.1) is 0 Å². The largest absolute Gasteiger partial charge is 0.416 e. The van der Waals surface area contributed by atoms with E-state index in [2.05, 4.69) is 51.5 Å². The molecule has 2 aromatic carbocycles. The van der Waals surface area contributed by atoms with Gasteiger partial charge in [0.05, 0.1) is 12.1 Å². The van der Waals surface area contributed by atoms with Crippen LogP contribution in [0.1, 0.15) is 22.3 Å². The summed E-state index contributed by atoms with van der Waals surface area (Å²) in [7, 11) is 2.14. The van der Waals surface area contributed by atoms with Crippen LogP contribution in [-0.4, -0.2) is 55.6 Å². The fourth-order valence-corrected chi connectivity index (χ4v) is 3.32. The third kappa shape index (κ3) is 7.59. The predicted octanol–water partition coefficient (Wildman–Crippen LogP) is 3.30. The van der Waals surface area contributed by atoms with E-state index in [-0.39, 0.29) is 18.1 Å². The van der Waals surface area contributed by atoms with Crippen LogP contribution in [0, 0.1) is 11.8 Å². The molecule has 0 aromatic heterocycles. The summed E-state index contributed by atoms with van der Waals surface area (Å²) in [5.74, 6) is 5.29. The first-order chi connectivity index (χ1) is 15.3. The molecule has 0 aliphatic carbocycles. The normalized spacial score (nSPS) is 15.0. The number of piperazine rings is 1. The van der Waals surface area contributed by atoms with Gasteiger partial charge in [-0.3, -0.25) is 4.90 Å². The highest BCUT2D eigenvalue weighted by atomic mass is 19.4. The summed E-state index contributed by atoms with van der Waals surface area (Å²) in [6, 6.07) is 12.6. The highest BCUT2D eigenvalue weighted by Crippen LogP contribution is 2.29. The molecule has 170 valence electrons. The molecule has 2 N–H and O–H groups in total. The van der Waals surface area contributed by atoms with Gasteiger partial charge in [-0.05, 0) is 36.4 Å². The SMILES string of the molecule is CN1CCN(Cc2ccc(CNC(=O)NCC#Cc3cccc(C(F)(F)F)c3)cc2)CC1. The average Bonchev–Trinajstić information content (AvgIpc) is 2.77. The van der Waals surface area contributed by atoms with Crippen LogP contribution in [0.15, 0.2) is 48.5 Å². The number of alkyl halides is 3. The average molecular weight is 445 g/mol. The molecular formula is C24H27F3N4O. The van der Waals surface area contributed by atoms with Crippen LogP contribution in [0.5, 0.6) is 0 Å². The molecule has 1 aliphatic rings. The Balaban J connectivity index is 1.39. The number of hydrogen-bond acceptors (Lipinski definition) is 3. The zero-order valence-electron chi connectivity index (χ0n) is 18.0. The van der Waals surface area contributed by atoms with E-state index in [4.69, 9.17) is 0 Å². The number of nitrogens with zero attached hydrogens (tertiary/aromatic N) is 2. The van der Waals surface area contributed by atoms with Gasteiger partial charge in [-0.1, -0.05) is 42.2 Å². The van der Waals surface area contributed by atoms with E-state index < -0.39 is 11.7 Å². The lowest BCUT2D eigenvalue weighted by molar-refractivity contribution is -0.137. The van der Waals surface area contributed by atoms with E-state index in [0.29, 0.717) is 6.54 Å². The minimum Gasteiger partial charge on any atom is -0.334 e. The predicted molar refractivity (Wildman–Crippen MR) is 118 cm³/mol. The molecule has 0 bridgehead atoms. The van der Waals surface area contributed by atoms with Gasteiger partial charge in [0.25, 0.3) is 0 Å². The number of hydrogen-bond donors (Lipinski definition) is 2. The highest BCUT2D eigenvalue weighted by Gasteiger charge is 2.30. The first-order valence-corrected chi connectivity index (χ1v) is 10.5. The summed E-state index contributed by atoms with van der Waals surface area (Å²) in [4.78, 5) is 16.7. The molecular weight excluding hydrogens is 417 g/mol. The number of amides is 2. The van der Waals surface area contributed by atoms with Crippen LogP contribution in [0.25, 0.3) is 0 Å². The monoisotopic (exact) mass is 444 g/mol. The van der Waals surface area contributed by atoms with Crippen molar-refractivity contribution in [3.8, 4) is 11.8 Å². The van der Waals surface area contributed by atoms with Crippen LogP contribution < -0.4 is 10.6 Å². The number of carbonyl (C=O) groups excluding carboxylic acids is 1. The Kier molecular flexibility index (Phi) is 8.14. The Bertz CT molecular complexity index is 956. The van der Waals surface area contributed by atoms with Crippen molar-refractivity contribution in [1.82, 2.24) is 20.4 Å². The van der Waals surface area contributed by atoms with Crippen molar-refractivity contribution >= 4 is 6.03 Å². The van der Waals surface area contributed by atoms with Crippen molar-refractivity contribution in [3.05, 3.63) is 70.8 Å². The first kappa shape index (κ1) is 23.6. The number of carbonyl (C=O) groups is 1. The smallest absolute Gasteiger partial charge is 0.334 e. The Morgan fingerprint density at radius 1 is 1.00 bits per heavy atom. The van der Waals surface area contributed by atoms with E-state index in [9.17, 15) is 18.0 Å². The molecule has 8 heteroatoms. The maximum absolute atomic E-state index is 12.7. The van der Waals surface area contributed by atoms with E-state index in [0.717, 1.165) is 50.4 Å². The zero-order valence-corrected chi connectivity index (χ0v) is 18.0. The Morgan fingerprint density at radius 3 is 2.38 bits per heavy atom. The lowest BCUT2D eigenvalue weighted by Gasteiger charge is -2.32. The minimum atomic E-state index is -4.40. The van der Waals surface area contributed by atoms with E-state index in [1.54, 1.807) is 0 Å². The summed E-state index contributed by atoms with van der Waals surface area (Å²) in [5.41, 5.74) is 1.73. The van der Waals surface area contributed by atoms with Gasteiger partial charge in [-0.25, -0.2) is 4.79 Å². The standard InChI is InChI=1S/C24H27F3N4O/c1-30-12-14-31(15-13-30)18-21-9-7-20(8-10-21)17-29-23(32)28-11-3-5-19-4-2-6-22(16-19)24(25,26)27/h2,4,6-10,16H,11-15,17-18H2,1H3,(H2,28,29,32). The van der Waals surface area contributed by atoms with Gasteiger partial charge in [0.1, 0.15) is 0 Å². The van der Waals surface area contributed by atoms with E-state index >= 15 is 0 Å². The molecule has 5 nitrogen and oxygen atoms in total. The van der Waals surface area contributed by atoms with Crippen molar-refractivity contribution in [2.24, 2.45) is 0 Å². The quantitative estimate of drug-likeness (QED) is 0.696. The molecule has 0 radical (unpaired) electrons. The highest BCUT2D eigenvalue weighted by molar-refractivity contribution is 5.74. The molecule has 2 aromatic rings. The Morgan fingerprint density at radius 2 is 1.69 bits per heavy atom. The number of benzene rings is 2. The fraction of sp³-hybridized carbons (Fsp3) is 0.375. The number of likely N-dealkylation sites (N-methyl/N-ethyl adjacent to an activating group) is 1. The van der Waals surface area contributed by atoms with Crippen LogP contribution in [0.3, 0.4) is 0 Å². The lowest BCUT2D eigenvalue weighted by atomic mass is 10.1. The zero-order chi connectivity index (χ0) is 23.0. The summed E-state index contributed by atoms with van der Waals surface area (Å²) < 4.78 is 38.1. The molecule has 2 amide bonds. The second-order valence-electron chi connectivity index (χ2n) is 7.81. The van der Waals surface area contributed by atoms with E-state index in [1.807, 2.05) is 12.1 Å². The number of urea groups is 1. The van der Waals surface area contributed by atoms with Gasteiger partial charge in [0, 0.05) is 44.8 Å². The van der Waals surface area contributed by atoms with Gasteiger partial charge in [-0.2, -0.15) is 13.2 Å². The summed E-state index contributed by atoms with van der Waals surface area (Å²) in [6.07, 6.45) is -4.40. The van der Waals surface area contributed by atoms with Crippen LogP contribution in [0.2, 0.25) is 0 Å². The first-order valence-electron chi connectivity index (χ1n) is 10.5. The maximum atomic E-state index is 12.7. The van der Waals surface area contributed by atoms with Gasteiger partial charge >= 0.3 is 12.2 Å². The minimum absolute atomic E-state index is 0.0338. The van der Waals surface area contributed by atoms with Crippen molar-refractivity contribution in [1.29, 1.82) is 0 Å².